The zero-order chi connectivity index (χ0) is 19.0. The average Bonchev–Trinajstić information content (AvgIpc) is 3.02. The Labute approximate surface area is 157 Å². The summed E-state index contributed by atoms with van der Waals surface area (Å²) < 4.78 is 15.9. The van der Waals surface area contributed by atoms with E-state index in [0.29, 0.717) is 18.3 Å². The molecule has 0 aliphatic heterocycles. The molecule has 0 radical (unpaired) electrons. The van der Waals surface area contributed by atoms with Crippen molar-refractivity contribution in [2.24, 2.45) is 5.92 Å². The van der Waals surface area contributed by atoms with Crippen LogP contribution in [-0.4, -0.2) is 28.8 Å². The van der Waals surface area contributed by atoms with Gasteiger partial charge in [0.1, 0.15) is 12.2 Å². The Morgan fingerprint density at radius 1 is 1.27 bits per heavy atom. The molecule has 1 aromatic heterocycles. The van der Waals surface area contributed by atoms with E-state index < -0.39 is 5.60 Å². The van der Waals surface area contributed by atoms with Crippen molar-refractivity contribution in [2.45, 2.75) is 96.7 Å². The molecule has 0 amide bonds. The lowest BCUT2D eigenvalue weighted by Crippen LogP contribution is -2.25. The fourth-order valence-electron chi connectivity index (χ4n) is 3.65. The number of ether oxygens (including phenoxy) is 2. The monoisotopic (exact) mass is 366 g/mol. The average molecular weight is 367 g/mol. The van der Waals surface area contributed by atoms with Crippen LogP contribution in [0.25, 0.3) is 0 Å². The van der Waals surface area contributed by atoms with Crippen LogP contribution in [0.4, 0.5) is 0 Å². The van der Waals surface area contributed by atoms with Gasteiger partial charge in [-0.05, 0) is 33.1 Å². The standard InChI is InChI=1S/C20H34N2O4/c1-20(2,3)25-18(23)13-16(19-21-17(14-24-4)22-26-19)12-8-11-15-9-6-5-7-10-15/h15-16H,5-14H2,1-4H3. The Morgan fingerprint density at radius 3 is 2.65 bits per heavy atom. The Kier molecular flexibility index (Phi) is 8.07. The topological polar surface area (TPSA) is 74.5 Å². The van der Waals surface area contributed by atoms with Gasteiger partial charge in [0.05, 0.1) is 6.42 Å². The highest BCUT2D eigenvalue weighted by molar-refractivity contribution is 5.70. The highest BCUT2D eigenvalue weighted by Gasteiger charge is 2.26. The van der Waals surface area contributed by atoms with Crippen LogP contribution < -0.4 is 0 Å². The van der Waals surface area contributed by atoms with Crippen LogP contribution in [0.2, 0.25) is 0 Å². The molecule has 1 aromatic rings. The van der Waals surface area contributed by atoms with Gasteiger partial charge in [-0.3, -0.25) is 4.79 Å². The van der Waals surface area contributed by atoms with Gasteiger partial charge in [0.25, 0.3) is 0 Å². The van der Waals surface area contributed by atoms with Gasteiger partial charge < -0.3 is 14.0 Å². The molecule has 1 aliphatic rings. The molecule has 6 heteroatoms. The van der Waals surface area contributed by atoms with Crippen LogP contribution in [0.1, 0.15) is 96.2 Å². The molecule has 1 saturated carbocycles. The maximum Gasteiger partial charge on any atom is 0.307 e. The van der Waals surface area contributed by atoms with Gasteiger partial charge in [-0.2, -0.15) is 4.98 Å². The lowest BCUT2D eigenvalue weighted by molar-refractivity contribution is -0.155. The molecular formula is C20H34N2O4. The van der Waals surface area contributed by atoms with E-state index in [9.17, 15) is 4.79 Å². The molecular weight excluding hydrogens is 332 g/mol. The first-order valence-electron chi connectivity index (χ1n) is 9.90. The van der Waals surface area contributed by atoms with E-state index in [1.54, 1.807) is 7.11 Å². The number of nitrogens with zero attached hydrogens (tertiary/aromatic N) is 2. The van der Waals surface area contributed by atoms with Crippen molar-refractivity contribution in [3.63, 3.8) is 0 Å². The third kappa shape index (κ3) is 7.44. The number of hydrogen-bond acceptors (Lipinski definition) is 6. The summed E-state index contributed by atoms with van der Waals surface area (Å²) >= 11 is 0. The van der Waals surface area contributed by atoms with Gasteiger partial charge in [-0.25, -0.2) is 0 Å². The summed E-state index contributed by atoms with van der Waals surface area (Å²) in [5, 5.41) is 3.94. The molecule has 0 aromatic carbocycles. The molecule has 1 atom stereocenters. The minimum Gasteiger partial charge on any atom is -0.460 e. The van der Waals surface area contributed by atoms with E-state index in [1.165, 1.54) is 38.5 Å². The van der Waals surface area contributed by atoms with E-state index in [4.69, 9.17) is 14.0 Å². The molecule has 1 unspecified atom stereocenters. The van der Waals surface area contributed by atoms with Crippen molar-refractivity contribution in [3.8, 4) is 0 Å². The molecule has 26 heavy (non-hydrogen) atoms. The van der Waals surface area contributed by atoms with Gasteiger partial charge in [0, 0.05) is 13.0 Å². The Morgan fingerprint density at radius 2 is 2.00 bits per heavy atom. The molecule has 0 bridgehead atoms. The smallest absolute Gasteiger partial charge is 0.307 e. The van der Waals surface area contributed by atoms with Gasteiger partial charge in [0.2, 0.25) is 5.89 Å². The van der Waals surface area contributed by atoms with Crippen molar-refractivity contribution in [2.75, 3.05) is 7.11 Å². The largest absolute Gasteiger partial charge is 0.460 e. The molecule has 0 N–H and O–H groups in total. The number of carbonyl (C=O) groups excluding carboxylic acids is 1. The molecule has 1 fully saturated rings. The van der Waals surface area contributed by atoms with Crippen LogP contribution in [-0.2, 0) is 20.9 Å². The lowest BCUT2D eigenvalue weighted by Gasteiger charge is -2.23. The summed E-state index contributed by atoms with van der Waals surface area (Å²) in [7, 11) is 1.60. The van der Waals surface area contributed by atoms with Gasteiger partial charge in [-0.15, -0.1) is 0 Å². The number of aromatic nitrogens is 2. The first kappa shape index (κ1) is 20.9. The normalized spacial score (nSPS) is 17.2. The number of rotatable bonds is 9. The molecule has 1 heterocycles. The van der Waals surface area contributed by atoms with Crippen molar-refractivity contribution < 1.29 is 18.8 Å². The van der Waals surface area contributed by atoms with Crippen LogP contribution >= 0.6 is 0 Å². The van der Waals surface area contributed by atoms with E-state index >= 15 is 0 Å². The number of hydrogen-bond donors (Lipinski definition) is 0. The number of methoxy groups -OCH3 is 1. The molecule has 148 valence electrons. The predicted molar refractivity (Wildman–Crippen MR) is 98.6 cm³/mol. The molecule has 0 spiro atoms. The first-order chi connectivity index (χ1) is 12.4. The van der Waals surface area contributed by atoms with E-state index in [1.807, 2.05) is 20.8 Å². The summed E-state index contributed by atoms with van der Waals surface area (Å²) in [5.41, 5.74) is -0.486. The summed E-state index contributed by atoms with van der Waals surface area (Å²) in [6, 6.07) is 0. The van der Waals surface area contributed by atoms with Crippen molar-refractivity contribution >= 4 is 5.97 Å². The lowest BCUT2D eigenvalue weighted by atomic mass is 9.84. The summed E-state index contributed by atoms with van der Waals surface area (Å²) in [5.74, 6) is 1.56. The summed E-state index contributed by atoms with van der Waals surface area (Å²) in [6.07, 6.45) is 10.2. The Hall–Kier alpha value is -1.43. The summed E-state index contributed by atoms with van der Waals surface area (Å²) in [4.78, 5) is 16.7. The third-order valence-electron chi connectivity index (χ3n) is 4.83. The minimum absolute atomic E-state index is 0.0912. The van der Waals surface area contributed by atoms with Gasteiger partial charge in [-0.1, -0.05) is 50.1 Å². The van der Waals surface area contributed by atoms with E-state index in [0.717, 1.165) is 18.8 Å². The maximum atomic E-state index is 12.3. The van der Waals surface area contributed by atoms with Crippen LogP contribution in [0.5, 0.6) is 0 Å². The molecule has 1 aliphatic carbocycles. The van der Waals surface area contributed by atoms with Crippen LogP contribution in [0.15, 0.2) is 4.52 Å². The van der Waals surface area contributed by atoms with Crippen LogP contribution in [0, 0.1) is 5.92 Å². The third-order valence-corrected chi connectivity index (χ3v) is 4.83. The highest BCUT2D eigenvalue weighted by atomic mass is 16.6. The quantitative estimate of drug-likeness (QED) is 0.585. The predicted octanol–water partition coefficient (Wildman–Crippen LogP) is 4.78. The summed E-state index contributed by atoms with van der Waals surface area (Å²) in [6.45, 7) is 5.95. The molecule has 6 nitrogen and oxygen atoms in total. The zero-order valence-corrected chi connectivity index (χ0v) is 16.8. The van der Waals surface area contributed by atoms with Gasteiger partial charge in [0.15, 0.2) is 5.82 Å². The fraction of sp³-hybridized carbons (Fsp3) is 0.850. The Bertz CT molecular complexity index is 544. The van der Waals surface area contributed by atoms with Crippen LogP contribution in [0.3, 0.4) is 0 Å². The zero-order valence-electron chi connectivity index (χ0n) is 16.8. The van der Waals surface area contributed by atoms with E-state index in [2.05, 4.69) is 10.1 Å². The fourth-order valence-corrected chi connectivity index (χ4v) is 3.65. The second kappa shape index (κ2) is 10.0. The van der Waals surface area contributed by atoms with Crippen molar-refractivity contribution in [1.82, 2.24) is 10.1 Å². The second-order valence-electron chi connectivity index (χ2n) is 8.40. The maximum absolute atomic E-state index is 12.3. The molecule has 0 saturated heterocycles. The Balaban J connectivity index is 1.94. The minimum atomic E-state index is -0.486. The second-order valence-corrected chi connectivity index (χ2v) is 8.40. The molecule has 2 rings (SSSR count). The highest BCUT2D eigenvalue weighted by Crippen LogP contribution is 2.31. The van der Waals surface area contributed by atoms with Gasteiger partial charge >= 0.3 is 5.97 Å². The van der Waals surface area contributed by atoms with Crippen molar-refractivity contribution in [1.29, 1.82) is 0 Å². The van der Waals surface area contributed by atoms with Crippen molar-refractivity contribution in [3.05, 3.63) is 11.7 Å². The SMILES string of the molecule is COCc1noc(C(CCCC2CCCCC2)CC(=O)OC(C)(C)C)n1. The van der Waals surface area contributed by atoms with E-state index in [-0.39, 0.29) is 18.3 Å². The number of carbonyl (C=O) groups is 1. The first-order valence-corrected chi connectivity index (χ1v) is 9.90. The number of esters is 1.